The van der Waals surface area contributed by atoms with Crippen molar-refractivity contribution >= 4 is 35.1 Å². The third-order valence-electron chi connectivity index (χ3n) is 2.95. The number of rotatable bonds is 9. The molecular formula is C16H20Cl2O4. The van der Waals surface area contributed by atoms with Crippen LogP contribution in [0.15, 0.2) is 24.3 Å². The van der Waals surface area contributed by atoms with Gasteiger partial charge in [0.15, 0.2) is 11.5 Å². The van der Waals surface area contributed by atoms with Crippen LogP contribution in [0, 0.1) is 0 Å². The molecule has 1 aromatic rings. The standard InChI is InChI=1S/C16H20Cl2O4/c1-2-3-4-5-6-11-14(19)21-12-9-7-8-10-13(12)22-16(20)15(17)18/h7-10,15H,2-6,11H2,1H3. The summed E-state index contributed by atoms with van der Waals surface area (Å²) in [4.78, 5) is 21.9. The van der Waals surface area contributed by atoms with Crippen LogP contribution in [0.2, 0.25) is 0 Å². The normalized spacial score (nSPS) is 10.5. The number of ether oxygens (including phenoxy) is 2. The predicted molar refractivity (Wildman–Crippen MR) is 86.6 cm³/mol. The molecule has 22 heavy (non-hydrogen) atoms. The first-order valence-corrected chi connectivity index (χ1v) is 8.21. The number of benzene rings is 1. The quantitative estimate of drug-likeness (QED) is 0.282. The van der Waals surface area contributed by atoms with Crippen molar-refractivity contribution in [3.8, 4) is 11.5 Å². The Balaban J connectivity index is 2.51. The van der Waals surface area contributed by atoms with Crippen LogP contribution in [0.5, 0.6) is 11.5 Å². The van der Waals surface area contributed by atoms with Gasteiger partial charge < -0.3 is 9.47 Å². The van der Waals surface area contributed by atoms with Crippen molar-refractivity contribution in [2.45, 2.75) is 50.3 Å². The Bertz CT molecular complexity index is 489. The molecule has 122 valence electrons. The van der Waals surface area contributed by atoms with Gasteiger partial charge in [-0.25, -0.2) is 4.79 Å². The molecular weight excluding hydrogens is 327 g/mol. The summed E-state index contributed by atoms with van der Waals surface area (Å²) in [5.74, 6) is -0.860. The molecule has 0 aliphatic carbocycles. The fourth-order valence-electron chi connectivity index (χ4n) is 1.82. The molecule has 0 atom stereocenters. The lowest BCUT2D eigenvalue weighted by atomic mass is 10.1. The monoisotopic (exact) mass is 346 g/mol. The Kier molecular flexibility index (Phi) is 8.94. The van der Waals surface area contributed by atoms with Crippen molar-refractivity contribution < 1.29 is 19.1 Å². The maximum Gasteiger partial charge on any atom is 0.344 e. The van der Waals surface area contributed by atoms with Gasteiger partial charge in [0, 0.05) is 6.42 Å². The number of hydrogen-bond acceptors (Lipinski definition) is 4. The first-order chi connectivity index (χ1) is 10.5. The number of alkyl halides is 2. The summed E-state index contributed by atoms with van der Waals surface area (Å²) >= 11 is 10.9. The summed E-state index contributed by atoms with van der Waals surface area (Å²) in [6, 6.07) is 6.40. The van der Waals surface area contributed by atoms with Crippen molar-refractivity contribution in [3.63, 3.8) is 0 Å². The highest BCUT2D eigenvalue weighted by atomic mass is 35.5. The van der Waals surface area contributed by atoms with E-state index in [1.54, 1.807) is 18.2 Å². The van der Waals surface area contributed by atoms with E-state index in [9.17, 15) is 9.59 Å². The van der Waals surface area contributed by atoms with Gasteiger partial charge in [0.1, 0.15) is 0 Å². The lowest BCUT2D eigenvalue weighted by Gasteiger charge is -2.10. The maximum absolute atomic E-state index is 11.8. The minimum absolute atomic E-state index is 0.123. The first-order valence-electron chi connectivity index (χ1n) is 7.34. The van der Waals surface area contributed by atoms with Crippen molar-refractivity contribution in [1.82, 2.24) is 0 Å². The summed E-state index contributed by atoms with van der Waals surface area (Å²) in [6.07, 6.45) is 5.56. The summed E-state index contributed by atoms with van der Waals surface area (Å²) < 4.78 is 10.2. The van der Waals surface area contributed by atoms with E-state index in [1.807, 2.05) is 0 Å². The number of hydrogen-bond donors (Lipinski definition) is 0. The summed E-state index contributed by atoms with van der Waals surface area (Å²) in [5.41, 5.74) is 0. The van der Waals surface area contributed by atoms with E-state index >= 15 is 0 Å². The molecule has 0 bridgehead atoms. The third-order valence-corrected chi connectivity index (χ3v) is 3.30. The van der Waals surface area contributed by atoms with Gasteiger partial charge in [-0.15, -0.1) is 0 Å². The average Bonchev–Trinajstić information content (AvgIpc) is 2.49. The Labute approximate surface area is 140 Å². The minimum Gasteiger partial charge on any atom is -0.423 e. The second-order valence-electron chi connectivity index (χ2n) is 4.81. The molecule has 0 heterocycles. The molecule has 0 amide bonds. The molecule has 0 saturated carbocycles. The number of carbonyl (C=O) groups is 2. The Morgan fingerprint density at radius 2 is 1.59 bits per heavy atom. The fraction of sp³-hybridized carbons (Fsp3) is 0.500. The Hall–Kier alpha value is -1.26. The van der Waals surface area contributed by atoms with Gasteiger partial charge >= 0.3 is 11.9 Å². The molecule has 6 heteroatoms. The molecule has 0 spiro atoms. The van der Waals surface area contributed by atoms with Gasteiger partial charge in [-0.05, 0) is 18.6 Å². The van der Waals surface area contributed by atoms with Gasteiger partial charge in [-0.3, -0.25) is 4.79 Å². The molecule has 0 aromatic heterocycles. The summed E-state index contributed by atoms with van der Waals surface area (Å²) in [7, 11) is 0. The molecule has 0 radical (unpaired) electrons. The van der Waals surface area contributed by atoms with E-state index in [2.05, 4.69) is 6.92 Å². The third kappa shape index (κ3) is 7.14. The molecule has 0 fully saturated rings. The molecule has 1 rings (SSSR count). The van der Waals surface area contributed by atoms with Crippen LogP contribution in [-0.4, -0.2) is 16.8 Å². The average molecular weight is 347 g/mol. The molecule has 0 aliphatic heterocycles. The highest BCUT2D eigenvalue weighted by Crippen LogP contribution is 2.28. The van der Waals surface area contributed by atoms with Crippen molar-refractivity contribution in [2.75, 3.05) is 0 Å². The Morgan fingerprint density at radius 1 is 1.00 bits per heavy atom. The van der Waals surface area contributed by atoms with Crippen molar-refractivity contribution in [3.05, 3.63) is 24.3 Å². The van der Waals surface area contributed by atoms with E-state index in [-0.39, 0.29) is 17.5 Å². The second kappa shape index (κ2) is 10.5. The van der Waals surface area contributed by atoms with Crippen molar-refractivity contribution in [1.29, 1.82) is 0 Å². The number of unbranched alkanes of at least 4 members (excludes halogenated alkanes) is 4. The number of carbonyl (C=O) groups excluding carboxylic acids is 2. The van der Waals surface area contributed by atoms with E-state index in [0.717, 1.165) is 25.7 Å². The summed E-state index contributed by atoms with van der Waals surface area (Å²) in [6.45, 7) is 2.14. The van der Waals surface area contributed by atoms with Crippen molar-refractivity contribution in [2.24, 2.45) is 0 Å². The van der Waals surface area contributed by atoms with Crippen LogP contribution in [0.4, 0.5) is 0 Å². The summed E-state index contributed by atoms with van der Waals surface area (Å²) in [5, 5.41) is 0. The highest BCUT2D eigenvalue weighted by Gasteiger charge is 2.17. The minimum atomic E-state index is -1.29. The molecule has 4 nitrogen and oxygen atoms in total. The SMILES string of the molecule is CCCCCCCC(=O)Oc1ccccc1OC(=O)C(Cl)Cl. The van der Waals surface area contributed by atoms with Gasteiger partial charge in [0.05, 0.1) is 0 Å². The van der Waals surface area contributed by atoms with Gasteiger partial charge in [0.25, 0.3) is 0 Å². The van der Waals surface area contributed by atoms with E-state index in [4.69, 9.17) is 32.7 Å². The number of para-hydroxylation sites is 2. The zero-order chi connectivity index (χ0) is 16.4. The number of esters is 2. The zero-order valence-corrected chi connectivity index (χ0v) is 14.0. The molecule has 0 aliphatic rings. The fourth-order valence-corrected chi connectivity index (χ4v) is 1.91. The lowest BCUT2D eigenvalue weighted by Crippen LogP contribution is -2.17. The second-order valence-corrected chi connectivity index (χ2v) is 5.90. The predicted octanol–water partition coefficient (Wildman–Crippen LogP) is 4.66. The smallest absolute Gasteiger partial charge is 0.344 e. The first kappa shape index (κ1) is 18.8. The topological polar surface area (TPSA) is 52.6 Å². The molecule has 1 aromatic carbocycles. The lowest BCUT2D eigenvalue weighted by molar-refractivity contribution is -0.136. The Morgan fingerprint density at radius 3 is 2.18 bits per heavy atom. The molecule has 0 saturated heterocycles. The van der Waals surface area contributed by atoms with Gasteiger partial charge in [-0.2, -0.15) is 0 Å². The van der Waals surface area contributed by atoms with Crippen LogP contribution in [0.3, 0.4) is 0 Å². The van der Waals surface area contributed by atoms with Gasteiger partial charge in [-0.1, -0.05) is 67.9 Å². The number of halogens is 2. The van der Waals surface area contributed by atoms with Crippen LogP contribution >= 0.6 is 23.2 Å². The van der Waals surface area contributed by atoms with Gasteiger partial charge in [0.2, 0.25) is 4.84 Å². The van der Waals surface area contributed by atoms with E-state index in [0.29, 0.717) is 6.42 Å². The molecule has 0 unspecified atom stereocenters. The maximum atomic E-state index is 11.8. The van der Waals surface area contributed by atoms with Crippen LogP contribution in [0.25, 0.3) is 0 Å². The van der Waals surface area contributed by atoms with Crippen LogP contribution in [-0.2, 0) is 9.59 Å². The van der Waals surface area contributed by atoms with Crippen LogP contribution in [0.1, 0.15) is 45.4 Å². The zero-order valence-electron chi connectivity index (χ0n) is 12.5. The molecule has 0 N–H and O–H groups in total. The highest BCUT2D eigenvalue weighted by molar-refractivity contribution is 6.53. The van der Waals surface area contributed by atoms with Crippen LogP contribution < -0.4 is 9.47 Å². The van der Waals surface area contributed by atoms with E-state index < -0.39 is 10.8 Å². The largest absolute Gasteiger partial charge is 0.423 e. The van der Waals surface area contributed by atoms with E-state index in [1.165, 1.54) is 12.5 Å².